The van der Waals surface area contributed by atoms with Crippen LogP contribution in [0.15, 0.2) is 39.5 Å². The minimum Gasteiger partial charge on any atom is -0.378 e. The molecule has 2 aromatic heterocycles. The highest BCUT2D eigenvalue weighted by Gasteiger charge is 2.16. The molecule has 1 saturated heterocycles. The minimum atomic E-state index is 0.439. The number of hydrogen-bond donors (Lipinski definition) is 1. The Balaban J connectivity index is 1.49. The number of benzene rings is 1. The molecule has 8 heteroatoms. The predicted octanol–water partition coefficient (Wildman–Crippen LogP) is 3.90. The summed E-state index contributed by atoms with van der Waals surface area (Å²) >= 11 is 7.78. The second-order valence-electron chi connectivity index (χ2n) is 5.64. The van der Waals surface area contributed by atoms with Gasteiger partial charge in [-0.1, -0.05) is 16.8 Å². The fraction of sp³-hybridized carbons (Fsp3) is 0.294. The molecule has 3 heterocycles. The zero-order valence-corrected chi connectivity index (χ0v) is 15.0. The van der Waals surface area contributed by atoms with Gasteiger partial charge in [0.05, 0.1) is 31.1 Å². The van der Waals surface area contributed by atoms with E-state index in [2.05, 4.69) is 20.4 Å². The van der Waals surface area contributed by atoms with Crippen LogP contribution < -0.4 is 10.2 Å². The molecule has 0 bridgehead atoms. The molecule has 1 fully saturated rings. The van der Waals surface area contributed by atoms with Crippen LogP contribution in [0.5, 0.6) is 0 Å². The number of hydrogen-bond acceptors (Lipinski definition) is 7. The highest BCUT2D eigenvalue weighted by molar-refractivity contribution is 7.08. The molecule has 0 spiro atoms. The van der Waals surface area contributed by atoms with Crippen LogP contribution in [0.2, 0.25) is 5.02 Å². The van der Waals surface area contributed by atoms with Gasteiger partial charge in [-0.3, -0.25) is 0 Å². The summed E-state index contributed by atoms with van der Waals surface area (Å²) in [6, 6.07) is 7.82. The van der Waals surface area contributed by atoms with E-state index in [-0.39, 0.29) is 0 Å². The molecule has 6 nitrogen and oxygen atoms in total. The summed E-state index contributed by atoms with van der Waals surface area (Å²) in [5, 5.41) is 12.1. The van der Waals surface area contributed by atoms with Crippen molar-refractivity contribution >= 4 is 34.3 Å². The Bertz CT molecular complexity index is 831. The van der Waals surface area contributed by atoms with E-state index in [9.17, 15) is 0 Å². The molecule has 0 saturated carbocycles. The Labute approximate surface area is 154 Å². The predicted molar refractivity (Wildman–Crippen MR) is 99.4 cm³/mol. The van der Waals surface area contributed by atoms with E-state index in [1.54, 1.807) is 11.3 Å². The van der Waals surface area contributed by atoms with E-state index in [0.717, 1.165) is 43.2 Å². The largest absolute Gasteiger partial charge is 0.378 e. The second kappa shape index (κ2) is 7.43. The first-order valence-corrected chi connectivity index (χ1v) is 9.33. The van der Waals surface area contributed by atoms with Crippen LogP contribution in [0, 0.1) is 0 Å². The van der Waals surface area contributed by atoms with Crippen molar-refractivity contribution in [3.8, 4) is 11.4 Å². The van der Waals surface area contributed by atoms with Crippen molar-refractivity contribution in [2.75, 3.05) is 36.5 Å². The number of ether oxygens (including phenoxy) is 1. The lowest BCUT2D eigenvalue weighted by atomic mass is 10.2. The van der Waals surface area contributed by atoms with Crippen LogP contribution in [0.25, 0.3) is 11.4 Å². The molecule has 3 aromatic rings. The fourth-order valence-corrected chi connectivity index (χ4v) is 3.54. The summed E-state index contributed by atoms with van der Waals surface area (Å²) in [6.07, 6.45) is 0. The lowest BCUT2D eigenvalue weighted by Gasteiger charge is -2.30. The van der Waals surface area contributed by atoms with Gasteiger partial charge in [-0.25, -0.2) is 0 Å². The SMILES string of the molecule is Clc1ccc(N2CCOCC2)c(NCc2nc(-c3ccsc3)no2)c1. The van der Waals surface area contributed by atoms with Gasteiger partial charge in [0.1, 0.15) is 0 Å². The number of rotatable bonds is 5. The molecular formula is C17H17ClN4O2S. The van der Waals surface area contributed by atoms with Gasteiger partial charge < -0.3 is 19.5 Å². The molecular weight excluding hydrogens is 360 g/mol. The van der Waals surface area contributed by atoms with Crippen molar-refractivity contribution in [2.45, 2.75) is 6.54 Å². The van der Waals surface area contributed by atoms with Gasteiger partial charge in [0.15, 0.2) is 0 Å². The van der Waals surface area contributed by atoms with Gasteiger partial charge >= 0.3 is 0 Å². The van der Waals surface area contributed by atoms with E-state index < -0.39 is 0 Å². The summed E-state index contributed by atoms with van der Waals surface area (Å²) < 4.78 is 10.8. The van der Waals surface area contributed by atoms with Gasteiger partial charge in [-0.05, 0) is 29.6 Å². The Kier molecular flexibility index (Phi) is 4.87. The molecule has 130 valence electrons. The normalized spacial score (nSPS) is 14.7. The number of morpholine rings is 1. The van der Waals surface area contributed by atoms with Gasteiger partial charge in [0, 0.05) is 29.1 Å². The molecule has 1 N–H and O–H groups in total. The highest BCUT2D eigenvalue weighted by Crippen LogP contribution is 2.30. The number of anilines is 2. The van der Waals surface area contributed by atoms with Gasteiger partial charge in [-0.2, -0.15) is 16.3 Å². The van der Waals surface area contributed by atoms with E-state index in [1.165, 1.54) is 0 Å². The number of aromatic nitrogens is 2. The molecule has 1 aliphatic heterocycles. The molecule has 0 radical (unpaired) electrons. The minimum absolute atomic E-state index is 0.439. The Morgan fingerprint density at radius 1 is 1.24 bits per heavy atom. The smallest absolute Gasteiger partial charge is 0.246 e. The van der Waals surface area contributed by atoms with E-state index in [4.69, 9.17) is 20.9 Å². The topological polar surface area (TPSA) is 63.4 Å². The maximum absolute atomic E-state index is 6.18. The van der Waals surface area contributed by atoms with Crippen LogP contribution in [-0.2, 0) is 11.3 Å². The van der Waals surface area contributed by atoms with Crippen LogP contribution in [0.4, 0.5) is 11.4 Å². The van der Waals surface area contributed by atoms with E-state index in [1.807, 2.05) is 35.0 Å². The van der Waals surface area contributed by atoms with Gasteiger partial charge in [0.25, 0.3) is 0 Å². The summed E-state index contributed by atoms with van der Waals surface area (Å²) in [7, 11) is 0. The number of thiophene rings is 1. The standard InChI is InChI=1S/C17H17ClN4O2S/c18-13-1-2-15(22-4-6-23-7-5-22)14(9-13)19-10-16-20-17(21-24-16)12-3-8-25-11-12/h1-3,8-9,11,19H,4-7,10H2. The Hall–Kier alpha value is -2.09. The van der Waals surface area contributed by atoms with Crippen LogP contribution in [-0.4, -0.2) is 36.4 Å². The lowest BCUT2D eigenvalue weighted by molar-refractivity contribution is 0.123. The van der Waals surface area contributed by atoms with Crippen LogP contribution in [0.3, 0.4) is 0 Å². The first-order chi connectivity index (χ1) is 12.3. The average Bonchev–Trinajstić information content (AvgIpc) is 3.32. The highest BCUT2D eigenvalue weighted by atomic mass is 35.5. The number of nitrogens with zero attached hydrogens (tertiary/aromatic N) is 3. The monoisotopic (exact) mass is 376 g/mol. The van der Waals surface area contributed by atoms with Crippen molar-refractivity contribution < 1.29 is 9.26 Å². The van der Waals surface area contributed by atoms with Crippen molar-refractivity contribution in [1.82, 2.24) is 10.1 Å². The van der Waals surface area contributed by atoms with Crippen molar-refractivity contribution in [3.63, 3.8) is 0 Å². The van der Waals surface area contributed by atoms with Crippen molar-refractivity contribution in [3.05, 3.63) is 45.9 Å². The number of nitrogens with one attached hydrogen (secondary N) is 1. The molecule has 0 amide bonds. The first-order valence-electron chi connectivity index (χ1n) is 8.01. The summed E-state index contributed by atoms with van der Waals surface area (Å²) in [5.41, 5.74) is 3.02. The van der Waals surface area contributed by atoms with Crippen LogP contribution in [0.1, 0.15) is 5.89 Å². The average molecular weight is 377 g/mol. The molecule has 1 aliphatic rings. The fourth-order valence-electron chi connectivity index (χ4n) is 2.74. The summed E-state index contributed by atoms with van der Waals surface area (Å²) in [4.78, 5) is 6.72. The zero-order chi connectivity index (χ0) is 17.1. The first kappa shape index (κ1) is 16.4. The maximum atomic E-state index is 6.18. The third kappa shape index (κ3) is 3.78. The molecule has 0 unspecified atom stereocenters. The molecule has 1 aromatic carbocycles. The lowest BCUT2D eigenvalue weighted by Crippen LogP contribution is -2.36. The number of halogens is 1. The third-order valence-electron chi connectivity index (χ3n) is 3.99. The van der Waals surface area contributed by atoms with Crippen molar-refractivity contribution in [1.29, 1.82) is 0 Å². The second-order valence-corrected chi connectivity index (χ2v) is 6.85. The Morgan fingerprint density at radius 3 is 2.92 bits per heavy atom. The van der Waals surface area contributed by atoms with Gasteiger partial charge in [-0.15, -0.1) is 0 Å². The van der Waals surface area contributed by atoms with Crippen LogP contribution >= 0.6 is 22.9 Å². The summed E-state index contributed by atoms with van der Waals surface area (Å²) in [6.45, 7) is 3.62. The third-order valence-corrected chi connectivity index (χ3v) is 4.91. The molecule has 25 heavy (non-hydrogen) atoms. The van der Waals surface area contributed by atoms with E-state index in [0.29, 0.717) is 23.3 Å². The van der Waals surface area contributed by atoms with E-state index >= 15 is 0 Å². The van der Waals surface area contributed by atoms with Crippen molar-refractivity contribution in [2.24, 2.45) is 0 Å². The Morgan fingerprint density at radius 2 is 2.12 bits per heavy atom. The molecule has 4 rings (SSSR count). The zero-order valence-electron chi connectivity index (χ0n) is 13.4. The maximum Gasteiger partial charge on any atom is 0.246 e. The molecule has 0 atom stereocenters. The van der Waals surface area contributed by atoms with Gasteiger partial charge in [0.2, 0.25) is 11.7 Å². The molecule has 0 aliphatic carbocycles. The quantitative estimate of drug-likeness (QED) is 0.728. The summed E-state index contributed by atoms with van der Waals surface area (Å²) in [5.74, 6) is 1.15.